The number of anilines is 1. The number of rotatable bonds is 7. The first kappa shape index (κ1) is 14.7. The molecule has 0 radical (unpaired) electrons. The maximum atomic E-state index is 12.0. The first-order chi connectivity index (χ1) is 8.62. The maximum Gasteiger partial charge on any atom is 0.268 e. The highest BCUT2D eigenvalue weighted by molar-refractivity contribution is 5.41. The molecule has 5 heteroatoms. The number of nitrogens with zero attached hydrogens (tertiary/aromatic N) is 3. The molecule has 1 aromatic rings. The van der Waals surface area contributed by atoms with Crippen LogP contribution in [0.25, 0.3) is 0 Å². The third-order valence-corrected chi connectivity index (χ3v) is 3.15. The Bertz CT molecular complexity index is 412. The number of likely N-dealkylation sites (N-methyl/N-ethyl adjacent to an activating group) is 1. The van der Waals surface area contributed by atoms with E-state index >= 15 is 0 Å². The Morgan fingerprint density at radius 1 is 1.50 bits per heavy atom. The highest BCUT2D eigenvalue weighted by Gasteiger charge is 2.08. The quantitative estimate of drug-likeness (QED) is 0.789. The van der Waals surface area contributed by atoms with Gasteiger partial charge in [-0.25, -0.2) is 4.68 Å². The zero-order chi connectivity index (χ0) is 13.5. The van der Waals surface area contributed by atoms with Crippen molar-refractivity contribution in [2.75, 3.05) is 25.5 Å². The highest BCUT2D eigenvalue weighted by Crippen LogP contribution is 2.07. The molecule has 1 heterocycles. The molecular weight excluding hydrogens is 228 g/mol. The van der Waals surface area contributed by atoms with Crippen molar-refractivity contribution in [1.29, 1.82) is 0 Å². The molecule has 0 spiro atoms. The van der Waals surface area contributed by atoms with Gasteiger partial charge in [-0.1, -0.05) is 13.8 Å². The summed E-state index contributed by atoms with van der Waals surface area (Å²) in [5, 5.41) is 7.41. The number of hydrogen-bond donors (Lipinski definition) is 1. The van der Waals surface area contributed by atoms with E-state index in [1.54, 1.807) is 12.3 Å². The topological polar surface area (TPSA) is 50.2 Å². The number of nitrogens with one attached hydrogen (secondary N) is 1. The van der Waals surface area contributed by atoms with E-state index in [4.69, 9.17) is 0 Å². The molecule has 1 unspecified atom stereocenters. The van der Waals surface area contributed by atoms with Gasteiger partial charge in [-0.3, -0.25) is 4.79 Å². The summed E-state index contributed by atoms with van der Waals surface area (Å²) in [7, 11) is 3.88. The van der Waals surface area contributed by atoms with Crippen LogP contribution >= 0.6 is 0 Å². The number of aromatic nitrogens is 2. The van der Waals surface area contributed by atoms with Gasteiger partial charge in [0.25, 0.3) is 5.56 Å². The molecule has 0 aliphatic heterocycles. The second kappa shape index (κ2) is 7.16. The molecule has 0 aliphatic rings. The fraction of sp³-hybridized carbons (Fsp3) is 0.692. The summed E-state index contributed by atoms with van der Waals surface area (Å²) >= 11 is 0. The molecule has 1 aromatic heterocycles. The van der Waals surface area contributed by atoms with Crippen LogP contribution in [0.4, 0.5) is 5.69 Å². The molecule has 0 aliphatic carbocycles. The first-order valence-corrected chi connectivity index (χ1v) is 6.57. The Morgan fingerprint density at radius 2 is 2.22 bits per heavy atom. The van der Waals surface area contributed by atoms with Crippen molar-refractivity contribution in [2.24, 2.45) is 0 Å². The fourth-order valence-corrected chi connectivity index (χ4v) is 1.87. The molecular formula is C13H24N4O. The van der Waals surface area contributed by atoms with Crippen LogP contribution in [0, 0.1) is 0 Å². The summed E-state index contributed by atoms with van der Waals surface area (Å²) in [6.45, 7) is 5.75. The van der Waals surface area contributed by atoms with E-state index in [-0.39, 0.29) is 11.6 Å². The molecule has 1 N–H and O–H groups in total. The van der Waals surface area contributed by atoms with Gasteiger partial charge in [0.05, 0.1) is 18.4 Å². The molecule has 5 nitrogen and oxygen atoms in total. The smallest absolute Gasteiger partial charge is 0.268 e. The van der Waals surface area contributed by atoms with Gasteiger partial charge in [-0.2, -0.15) is 5.10 Å². The van der Waals surface area contributed by atoms with E-state index in [0.29, 0.717) is 6.54 Å². The van der Waals surface area contributed by atoms with E-state index in [9.17, 15) is 4.79 Å². The van der Waals surface area contributed by atoms with Crippen LogP contribution < -0.4 is 15.8 Å². The van der Waals surface area contributed by atoms with Crippen LogP contribution in [0.5, 0.6) is 0 Å². The van der Waals surface area contributed by atoms with E-state index in [1.807, 2.05) is 19.0 Å². The molecule has 102 valence electrons. The lowest BCUT2D eigenvalue weighted by atomic mass is 10.2. The normalized spacial score (nSPS) is 12.4. The monoisotopic (exact) mass is 252 g/mol. The van der Waals surface area contributed by atoms with Gasteiger partial charge in [0.15, 0.2) is 0 Å². The van der Waals surface area contributed by atoms with Gasteiger partial charge in [0, 0.05) is 25.7 Å². The predicted octanol–water partition coefficient (Wildman–Crippen LogP) is 1.09. The minimum Gasteiger partial charge on any atom is -0.373 e. The van der Waals surface area contributed by atoms with E-state index in [0.717, 1.165) is 25.1 Å². The van der Waals surface area contributed by atoms with E-state index in [2.05, 4.69) is 24.3 Å². The molecule has 0 aromatic carbocycles. The second-order valence-electron chi connectivity index (χ2n) is 4.55. The van der Waals surface area contributed by atoms with Crippen molar-refractivity contribution in [1.82, 2.24) is 15.1 Å². The lowest BCUT2D eigenvalue weighted by Crippen LogP contribution is -2.35. The third kappa shape index (κ3) is 3.84. The van der Waals surface area contributed by atoms with Crippen LogP contribution in [0.15, 0.2) is 17.1 Å². The lowest BCUT2D eigenvalue weighted by Gasteiger charge is -2.19. The van der Waals surface area contributed by atoms with Crippen LogP contribution in [0.1, 0.15) is 26.7 Å². The van der Waals surface area contributed by atoms with Crippen molar-refractivity contribution in [2.45, 2.75) is 39.3 Å². The second-order valence-corrected chi connectivity index (χ2v) is 4.55. The van der Waals surface area contributed by atoms with Crippen molar-refractivity contribution in [3.8, 4) is 0 Å². The van der Waals surface area contributed by atoms with E-state index < -0.39 is 0 Å². The first-order valence-electron chi connectivity index (χ1n) is 6.57. The van der Waals surface area contributed by atoms with Gasteiger partial charge in [0.2, 0.25) is 0 Å². The van der Waals surface area contributed by atoms with Crippen LogP contribution in [-0.4, -0.2) is 36.5 Å². The van der Waals surface area contributed by atoms with Crippen molar-refractivity contribution < 1.29 is 0 Å². The summed E-state index contributed by atoms with van der Waals surface area (Å²) in [6, 6.07) is 1.94. The minimum absolute atomic E-state index is 0.0378. The van der Waals surface area contributed by atoms with Gasteiger partial charge in [-0.15, -0.1) is 0 Å². The van der Waals surface area contributed by atoms with Crippen LogP contribution in [0.2, 0.25) is 0 Å². The summed E-state index contributed by atoms with van der Waals surface area (Å²) < 4.78 is 1.52. The maximum absolute atomic E-state index is 12.0. The standard InChI is InChI=1S/C13H24N4O/c1-5-7-16(4)12-8-13(18)17(15-9-12)10-11(6-2)14-3/h8-9,11,14H,5-7,10H2,1-4H3. The lowest BCUT2D eigenvalue weighted by molar-refractivity contribution is 0.429. The molecule has 0 bridgehead atoms. The molecule has 0 fully saturated rings. The summed E-state index contributed by atoms with van der Waals surface area (Å²) in [4.78, 5) is 14.0. The van der Waals surface area contributed by atoms with Crippen molar-refractivity contribution >= 4 is 5.69 Å². The number of hydrogen-bond acceptors (Lipinski definition) is 4. The zero-order valence-corrected chi connectivity index (χ0v) is 11.8. The summed E-state index contributed by atoms with van der Waals surface area (Å²) in [5.74, 6) is 0. The Morgan fingerprint density at radius 3 is 2.72 bits per heavy atom. The Balaban J connectivity index is 2.82. The van der Waals surface area contributed by atoms with Gasteiger partial charge in [-0.05, 0) is 19.9 Å². The van der Waals surface area contributed by atoms with Crippen molar-refractivity contribution in [3.05, 3.63) is 22.6 Å². The third-order valence-electron chi connectivity index (χ3n) is 3.15. The Labute approximate surface area is 109 Å². The van der Waals surface area contributed by atoms with Crippen LogP contribution in [0.3, 0.4) is 0 Å². The largest absolute Gasteiger partial charge is 0.373 e. The summed E-state index contributed by atoms with van der Waals surface area (Å²) in [5.41, 5.74) is 0.847. The Kier molecular flexibility index (Phi) is 5.85. The molecule has 1 rings (SSSR count). The SMILES string of the molecule is CCCN(C)c1cnn(CC(CC)NC)c(=O)c1. The van der Waals surface area contributed by atoms with Gasteiger partial charge in [0.1, 0.15) is 0 Å². The summed E-state index contributed by atoms with van der Waals surface area (Å²) in [6.07, 6.45) is 3.79. The fourth-order valence-electron chi connectivity index (χ4n) is 1.87. The highest BCUT2D eigenvalue weighted by atomic mass is 16.1. The van der Waals surface area contributed by atoms with E-state index in [1.165, 1.54) is 4.68 Å². The minimum atomic E-state index is -0.0378. The van der Waals surface area contributed by atoms with Crippen molar-refractivity contribution in [3.63, 3.8) is 0 Å². The van der Waals surface area contributed by atoms with Gasteiger partial charge >= 0.3 is 0 Å². The van der Waals surface area contributed by atoms with Crippen LogP contribution in [-0.2, 0) is 6.54 Å². The molecule has 0 amide bonds. The molecule has 1 atom stereocenters. The predicted molar refractivity (Wildman–Crippen MR) is 75.2 cm³/mol. The molecule has 0 saturated heterocycles. The average molecular weight is 252 g/mol. The Hall–Kier alpha value is -1.36. The average Bonchev–Trinajstić information content (AvgIpc) is 2.37. The molecule has 18 heavy (non-hydrogen) atoms. The molecule has 0 saturated carbocycles. The van der Waals surface area contributed by atoms with Gasteiger partial charge < -0.3 is 10.2 Å². The zero-order valence-electron chi connectivity index (χ0n) is 11.8.